The Hall–Kier alpha value is -3.75. The lowest BCUT2D eigenvalue weighted by Crippen LogP contribution is -2.21. The molecule has 2 aromatic carbocycles. The summed E-state index contributed by atoms with van der Waals surface area (Å²) in [6.45, 7) is 0.985. The molecule has 0 bridgehead atoms. The summed E-state index contributed by atoms with van der Waals surface area (Å²) >= 11 is 0. The summed E-state index contributed by atoms with van der Waals surface area (Å²) in [5.74, 6) is 0. The molecule has 0 radical (unpaired) electrons. The van der Waals surface area contributed by atoms with Crippen molar-refractivity contribution in [2.24, 2.45) is 0 Å². The molecule has 3 aromatic heterocycles. The molecule has 7 nitrogen and oxygen atoms in total. The van der Waals surface area contributed by atoms with Crippen molar-refractivity contribution in [2.75, 3.05) is 6.26 Å². The molecule has 0 unspecified atom stereocenters. The van der Waals surface area contributed by atoms with Crippen LogP contribution in [-0.4, -0.2) is 34.4 Å². The molecule has 0 aliphatic rings. The average Bonchev–Trinajstić information content (AvgIpc) is 3.44. The smallest absolute Gasteiger partial charge is 0.209 e. The zero-order chi connectivity index (χ0) is 22.8. The minimum absolute atomic E-state index is 0.269. The van der Waals surface area contributed by atoms with Crippen LogP contribution in [0.5, 0.6) is 0 Å². The standard InChI is InChI=1S/C25H23N5O2S/c1-33(31,32)29-12-18-7-9-20(10-8-18)21-11-23-24(15-27-25(23)26-13-21)22-14-28-30(17-22)16-19-5-3-2-4-6-19/h2-11,13-15,17,29H,12,16H2,1H3,(H,26,27). The number of H-pyrrole nitrogens is 1. The number of fused-ring (bicyclic) bond motifs is 1. The van der Waals surface area contributed by atoms with Gasteiger partial charge in [0.05, 0.1) is 19.0 Å². The summed E-state index contributed by atoms with van der Waals surface area (Å²) in [7, 11) is -3.22. The number of rotatable bonds is 7. The Balaban J connectivity index is 1.40. The zero-order valence-electron chi connectivity index (χ0n) is 18.1. The van der Waals surface area contributed by atoms with Crippen LogP contribution in [0.4, 0.5) is 0 Å². The van der Waals surface area contributed by atoms with Gasteiger partial charge in [0.1, 0.15) is 5.65 Å². The van der Waals surface area contributed by atoms with Crippen LogP contribution >= 0.6 is 0 Å². The number of hydrogen-bond acceptors (Lipinski definition) is 4. The van der Waals surface area contributed by atoms with Crippen LogP contribution in [0.1, 0.15) is 11.1 Å². The minimum Gasteiger partial charge on any atom is -0.346 e. The minimum atomic E-state index is -3.22. The molecule has 3 heterocycles. The molecular formula is C25H23N5O2S. The van der Waals surface area contributed by atoms with E-state index in [1.54, 1.807) is 0 Å². The summed E-state index contributed by atoms with van der Waals surface area (Å²) in [5, 5.41) is 5.56. The predicted molar refractivity (Wildman–Crippen MR) is 130 cm³/mol. The van der Waals surface area contributed by atoms with Crippen LogP contribution in [0.3, 0.4) is 0 Å². The van der Waals surface area contributed by atoms with E-state index in [9.17, 15) is 8.42 Å². The fraction of sp³-hybridized carbons (Fsp3) is 0.120. The number of aromatic nitrogens is 4. The Morgan fingerprint density at radius 2 is 1.73 bits per heavy atom. The third kappa shape index (κ3) is 4.87. The molecule has 5 rings (SSSR count). The number of hydrogen-bond donors (Lipinski definition) is 2. The Bertz CT molecular complexity index is 1500. The fourth-order valence-electron chi connectivity index (χ4n) is 3.79. The highest BCUT2D eigenvalue weighted by molar-refractivity contribution is 7.88. The van der Waals surface area contributed by atoms with Crippen molar-refractivity contribution in [1.82, 2.24) is 24.5 Å². The van der Waals surface area contributed by atoms with Gasteiger partial charge in [-0.3, -0.25) is 4.68 Å². The molecule has 166 valence electrons. The van der Waals surface area contributed by atoms with Crippen molar-refractivity contribution in [3.8, 4) is 22.3 Å². The van der Waals surface area contributed by atoms with Crippen molar-refractivity contribution in [2.45, 2.75) is 13.1 Å². The van der Waals surface area contributed by atoms with Crippen molar-refractivity contribution >= 4 is 21.1 Å². The number of nitrogens with zero attached hydrogens (tertiary/aromatic N) is 3. The van der Waals surface area contributed by atoms with Crippen LogP contribution in [0.2, 0.25) is 0 Å². The first-order valence-electron chi connectivity index (χ1n) is 10.5. The molecule has 0 aliphatic heterocycles. The molecule has 0 atom stereocenters. The number of benzene rings is 2. The van der Waals surface area contributed by atoms with E-state index in [2.05, 4.69) is 38.0 Å². The van der Waals surface area contributed by atoms with Crippen molar-refractivity contribution in [3.05, 3.63) is 96.6 Å². The first-order valence-corrected chi connectivity index (χ1v) is 12.4. The van der Waals surface area contributed by atoms with E-state index >= 15 is 0 Å². The highest BCUT2D eigenvalue weighted by atomic mass is 32.2. The van der Waals surface area contributed by atoms with E-state index in [1.807, 2.05) is 71.9 Å². The topological polar surface area (TPSA) is 92.7 Å². The zero-order valence-corrected chi connectivity index (χ0v) is 18.9. The molecule has 0 spiro atoms. The van der Waals surface area contributed by atoms with E-state index in [4.69, 9.17) is 0 Å². The number of sulfonamides is 1. The highest BCUT2D eigenvalue weighted by Gasteiger charge is 2.11. The molecule has 0 fully saturated rings. The molecule has 0 saturated heterocycles. The van der Waals surface area contributed by atoms with E-state index in [-0.39, 0.29) is 6.54 Å². The van der Waals surface area contributed by atoms with Crippen LogP contribution < -0.4 is 4.72 Å². The van der Waals surface area contributed by atoms with Gasteiger partial charge in [-0.2, -0.15) is 5.10 Å². The van der Waals surface area contributed by atoms with Gasteiger partial charge in [0.2, 0.25) is 10.0 Å². The van der Waals surface area contributed by atoms with Gasteiger partial charge in [-0.05, 0) is 22.8 Å². The van der Waals surface area contributed by atoms with E-state index in [0.717, 1.165) is 45.1 Å². The van der Waals surface area contributed by atoms with Crippen molar-refractivity contribution in [1.29, 1.82) is 0 Å². The molecule has 0 saturated carbocycles. The van der Waals surface area contributed by atoms with E-state index < -0.39 is 10.0 Å². The quantitative estimate of drug-likeness (QED) is 0.383. The molecule has 0 aliphatic carbocycles. The maximum Gasteiger partial charge on any atom is 0.209 e. The van der Waals surface area contributed by atoms with Crippen LogP contribution in [0, 0.1) is 0 Å². The third-order valence-corrected chi connectivity index (χ3v) is 6.16. The Kier molecular flexibility index (Phi) is 5.53. The lowest BCUT2D eigenvalue weighted by Gasteiger charge is -2.06. The highest BCUT2D eigenvalue weighted by Crippen LogP contribution is 2.31. The number of aromatic amines is 1. The Morgan fingerprint density at radius 3 is 2.48 bits per heavy atom. The Morgan fingerprint density at radius 1 is 0.939 bits per heavy atom. The summed E-state index contributed by atoms with van der Waals surface area (Å²) in [6, 6.07) is 20.2. The van der Waals surface area contributed by atoms with Gasteiger partial charge in [0, 0.05) is 47.2 Å². The monoisotopic (exact) mass is 457 g/mol. The lowest BCUT2D eigenvalue weighted by molar-refractivity contribution is 0.587. The molecule has 8 heteroatoms. The molecule has 0 amide bonds. The van der Waals surface area contributed by atoms with Crippen LogP contribution in [0.15, 0.2) is 85.5 Å². The summed E-state index contributed by atoms with van der Waals surface area (Å²) < 4.78 is 27.1. The SMILES string of the molecule is CS(=O)(=O)NCc1ccc(-c2cnc3[nH]cc(-c4cnn(Cc5ccccc5)c4)c3c2)cc1. The fourth-order valence-corrected chi connectivity index (χ4v) is 4.22. The van der Waals surface area contributed by atoms with Crippen LogP contribution in [-0.2, 0) is 23.1 Å². The van der Waals surface area contributed by atoms with Crippen LogP contribution in [0.25, 0.3) is 33.3 Å². The van der Waals surface area contributed by atoms with Gasteiger partial charge < -0.3 is 4.98 Å². The van der Waals surface area contributed by atoms with Gasteiger partial charge >= 0.3 is 0 Å². The van der Waals surface area contributed by atoms with Gasteiger partial charge in [-0.1, -0.05) is 54.6 Å². The Labute approximate surface area is 192 Å². The van der Waals surface area contributed by atoms with Crippen molar-refractivity contribution in [3.63, 3.8) is 0 Å². The average molecular weight is 458 g/mol. The van der Waals surface area contributed by atoms with Gasteiger partial charge in [-0.25, -0.2) is 18.1 Å². The molecule has 5 aromatic rings. The number of nitrogens with one attached hydrogen (secondary N) is 2. The molecule has 2 N–H and O–H groups in total. The number of pyridine rings is 1. The van der Waals surface area contributed by atoms with E-state index in [0.29, 0.717) is 6.54 Å². The maximum absolute atomic E-state index is 11.3. The molecular weight excluding hydrogens is 434 g/mol. The van der Waals surface area contributed by atoms with E-state index in [1.165, 1.54) is 5.56 Å². The lowest BCUT2D eigenvalue weighted by atomic mass is 10.0. The second kappa shape index (κ2) is 8.65. The van der Waals surface area contributed by atoms with Crippen molar-refractivity contribution < 1.29 is 8.42 Å². The van der Waals surface area contributed by atoms with Gasteiger partial charge in [0.25, 0.3) is 0 Å². The predicted octanol–water partition coefficient (Wildman–Crippen LogP) is 4.19. The first-order chi connectivity index (χ1) is 15.9. The van der Waals surface area contributed by atoms with Gasteiger partial charge in [0.15, 0.2) is 0 Å². The second-order valence-electron chi connectivity index (χ2n) is 8.02. The first kappa shape index (κ1) is 21.1. The summed E-state index contributed by atoms with van der Waals surface area (Å²) in [6.07, 6.45) is 8.88. The largest absolute Gasteiger partial charge is 0.346 e. The normalized spacial score (nSPS) is 11.8. The maximum atomic E-state index is 11.3. The summed E-state index contributed by atoms with van der Waals surface area (Å²) in [4.78, 5) is 7.85. The summed E-state index contributed by atoms with van der Waals surface area (Å²) in [5.41, 5.74) is 6.99. The van der Waals surface area contributed by atoms with Gasteiger partial charge in [-0.15, -0.1) is 0 Å². The molecule has 33 heavy (non-hydrogen) atoms. The second-order valence-corrected chi connectivity index (χ2v) is 9.86. The third-order valence-electron chi connectivity index (χ3n) is 5.49.